The highest BCUT2D eigenvalue weighted by atomic mass is 35.5. The zero-order valence-corrected chi connectivity index (χ0v) is 9.98. The van der Waals surface area contributed by atoms with Crippen molar-refractivity contribution in [1.29, 1.82) is 0 Å². The van der Waals surface area contributed by atoms with Crippen molar-refractivity contribution in [2.45, 2.75) is 0 Å². The molecule has 0 saturated carbocycles. The van der Waals surface area contributed by atoms with Gasteiger partial charge in [-0.2, -0.15) is 0 Å². The Morgan fingerprint density at radius 1 is 1.44 bits per heavy atom. The van der Waals surface area contributed by atoms with Crippen LogP contribution in [-0.2, 0) is 0 Å². The zero-order valence-electron chi connectivity index (χ0n) is 9.23. The molecule has 0 saturated heterocycles. The Kier molecular flexibility index (Phi) is 5.26. The summed E-state index contributed by atoms with van der Waals surface area (Å²) in [5.41, 5.74) is -0.558. The lowest BCUT2D eigenvalue weighted by atomic mass is 10.2. The van der Waals surface area contributed by atoms with E-state index in [9.17, 15) is 19.3 Å². The number of nitrogens with zero attached hydrogens (tertiary/aromatic N) is 1. The molecule has 1 aromatic carbocycles. The van der Waals surface area contributed by atoms with Gasteiger partial charge in [0.2, 0.25) is 0 Å². The van der Waals surface area contributed by atoms with Crippen LogP contribution in [0.25, 0.3) is 0 Å². The Morgan fingerprint density at radius 2 is 2.17 bits per heavy atom. The van der Waals surface area contributed by atoms with Crippen LogP contribution in [0.2, 0.25) is 0 Å². The first-order valence-corrected chi connectivity index (χ1v) is 5.52. The van der Waals surface area contributed by atoms with E-state index in [0.717, 1.165) is 18.2 Å². The number of allylic oxidation sites excluding steroid dienone is 1. The summed E-state index contributed by atoms with van der Waals surface area (Å²) >= 11 is 5.39. The lowest BCUT2D eigenvalue weighted by molar-refractivity contribution is -0.385. The zero-order chi connectivity index (χ0) is 13.5. The first-order chi connectivity index (χ1) is 8.54. The van der Waals surface area contributed by atoms with Crippen LogP contribution in [0.4, 0.5) is 10.1 Å². The number of carbonyl (C=O) groups excluding carboxylic acids is 1. The van der Waals surface area contributed by atoms with Crippen molar-refractivity contribution in [3.05, 3.63) is 51.8 Å². The summed E-state index contributed by atoms with van der Waals surface area (Å²) in [6, 6.07) is 2.71. The summed E-state index contributed by atoms with van der Waals surface area (Å²) in [4.78, 5) is 21.3. The highest BCUT2D eigenvalue weighted by Crippen LogP contribution is 2.16. The molecule has 0 bridgehead atoms. The minimum atomic E-state index is -0.828. The Morgan fingerprint density at radius 3 is 2.78 bits per heavy atom. The molecular formula is C11H10ClFN2O3. The van der Waals surface area contributed by atoms with Gasteiger partial charge in [0.25, 0.3) is 11.6 Å². The number of alkyl halides is 1. The second-order valence-electron chi connectivity index (χ2n) is 3.29. The molecule has 0 atom stereocenters. The maximum Gasteiger partial charge on any atom is 0.273 e. The normalized spacial score (nSPS) is 10.6. The van der Waals surface area contributed by atoms with Crippen LogP contribution >= 0.6 is 11.6 Å². The van der Waals surface area contributed by atoms with Crippen molar-refractivity contribution >= 4 is 23.2 Å². The molecule has 1 rings (SSSR count). The molecule has 7 heteroatoms. The number of halogens is 2. The fraction of sp³-hybridized carbons (Fsp3) is 0.182. The lowest BCUT2D eigenvalue weighted by Gasteiger charge is -2.02. The van der Waals surface area contributed by atoms with Crippen LogP contribution in [0, 0.1) is 15.9 Å². The molecule has 0 aliphatic heterocycles. The van der Waals surface area contributed by atoms with E-state index in [1.54, 1.807) is 12.2 Å². The Balaban J connectivity index is 2.79. The first kappa shape index (κ1) is 14.1. The summed E-state index contributed by atoms with van der Waals surface area (Å²) in [7, 11) is 0. The van der Waals surface area contributed by atoms with Crippen molar-refractivity contribution in [1.82, 2.24) is 5.32 Å². The number of hydrogen-bond donors (Lipinski definition) is 1. The standard InChI is InChI=1S/C11H10ClFN2O3/c12-3-1-2-4-14-11(16)8-5-9(13)7-10(6-8)15(17)18/h1-2,5-7H,3-4H2,(H,14,16)/b2-1+. The molecule has 96 valence electrons. The van der Waals surface area contributed by atoms with Gasteiger partial charge in [-0.05, 0) is 6.07 Å². The van der Waals surface area contributed by atoms with Gasteiger partial charge in [0.05, 0.1) is 11.0 Å². The van der Waals surface area contributed by atoms with E-state index in [4.69, 9.17) is 11.6 Å². The fourth-order valence-corrected chi connectivity index (χ4v) is 1.34. The van der Waals surface area contributed by atoms with E-state index in [2.05, 4.69) is 5.32 Å². The van der Waals surface area contributed by atoms with E-state index in [1.807, 2.05) is 0 Å². The van der Waals surface area contributed by atoms with Crippen molar-refractivity contribution in [2.75, 3.05) is 12.4 Å². The van der Waals surface area contributed by atoms with E-state index >= 15 is 0 Å². The quantitative estimate of drug-likeness (QED) is 0.387. The topological polar surface area (TPSA) is 72.2 Å². The molecule has 0 unspecified atom stereocenters. The number of nitro groups is 1. The van der Waals surface area contributed by atoms with Gasteiger partial charge in [-0.3, -0.25) is 14.9 Å². The molecular weight excluding hydrogens is 263 g/mol. The van der Waals surface area contributed by atoms with Crippen LogP contribution < -0.4 is 5.32 Å². The lowest BCUT2D eigenvalue weighted by Crippen LogP contribution is -2.23. The van der Waals surface area contributed by atoms with Crippen molar-refractivity contribution in [2.24, 2.45) is 0 Å². The van der Waals surface area contributed by atoms with Crippen LogP contribution in [0.3, 0.4) is 0 Å². The molecule has 1 aromatic rings. The minimum Gasteiger partial charge on any atom is -0.349 e. The van der Waals surface area contributed by atoms with Gasteiger partial charge in [0.15, 0.2) is 0 Å². The molecule has 0 aliphatic rings. The second kappa shape index (κ2) is 6.70. The molecule has 0 fully saturated rings. The molecule has 0 heterocycles. The van der Waals surface area contributed by atoms with Gasteiger partial charge in [0.1, 0.15) is 5.82 Å². The molecule has 0 aliphatic carbocycles. The monoisotopic (exact) mass is 272 g/mol. The highest BCUT2D eigenvalue weighted by molar-refractivity contribution is 6.18. The number of benzene rings is 1. The molecule has 1 N–H and O–H groups in total. The van der Waals surface area contributed by atoms with Gasteiger partial charge in [-0.1, -0.05) is 12.2 Å². The third-order valence-corrected chi connectivity index (χ3v) is 2.17. The molecule has 0 aromatic heterocycles. The van der Waals surface area contributed by atoms with Crippen molar-refractivity contribution in [3.63, 3.8) is 0 Å². The van der Waals surface area contributed by atoms with E-state index in [1.165, 1.54) is 0 Å². The third kappa shape index (κ3) is 4.14. The largest absolute Gasteiger partial charge is 0.349 e. The van der Waals surface area contributed by atoms with Gasteiger partial charge in [-0.25, -0.2) is 4.39 Å². The molecule has 1 amide bonds. The summed E-state index contributed by atoms with van der Waals surface area (Å²) in [5.74, 6) is -1.09. The van der Waals surface area contributed by atoms with Gasteiger partial charge in [0, 0.05) is 24.1 Å². The fourth-order valence-electron chi connectivity index (χ4n) is 1.21. The molecule has 18 heavy (non-hydrogen) atoms. The number of carbonyl (C=O) groups is 1. The highest BCUT2D eigenvalue weighted by Gasteiger charge is 2.13. The summed E-state index contributed by atoms with van der Waals surface area (Å²) in [6.07, 6.45) is 3.26. The predicted octanol–water partition coefficient (Wildman–Crippen LogP) is 2.26. The van der Waals surface area contributed by atoms with Crippen LogP contribution in [0.5, 0.6) is 0 Å². The predicted molar refractivity (Wildman–Crippen MR) is 65.2 cm³/mol. The van der Waals surface area contributed by atoms with Crippen LogP contribution in [0.1, 0.15) is 10.4 Å². The average molecular weight is 273 g/mol. The smallest absolute Gasteiger partial charge is 0.273 e. The molecule has 0 radical (unpaired) electrons. The number of non-ortho nitro benzene ring substituents is 1. The Bertz CT molecular complexity index is 491. The van der Waals surface area contributed by atoms with E-state index in [-0.39, 0.29) is 12.1 Å². The average Bonchev–Trinajstić information content (AvgIpc) is 2.33. The maximum absolute atomic E-state index is 13.1. The van der Waals surface area contributed by atoms with Gasteiger partial charge in [-0.15, -0.1) is 11.6 Å². The van der Waals surface area contributed by atoms with Gasteiger partial charge < -0.3 is 5.32 Å². The number of nitrogens with one attached hydrogen (secondary N) is 1. The molecule has 0 spiro atoms. The third-order valence-electron chi connectivity index (χ3n) is 1.99. The number of amides is 1. The second-order valence-corrected chi connectivity index (χ2v) is 3.60. The van der Waals surface area contributed by atoms with Crippen LogP contribution in [-0.4, -0.2) is 23.3 Å². The minimum absolute atomic E-state index is 0.0963. The van der Waals surface area contributed by atoms with Crippen molar-refractivity contribution < 1.29 is 14.1 Å². The van der Waals surface area contributed by atoms with Gasteiger partial charge >= 0.3 is 0 Å². The first-order valence-electron chi connectivity index (χ1n) is 4.98. The van der Waals surface area contributed by atoms with Crippen molar-refractivity contribution in [3.8, 4) is 0 Å². The number of rotatable bonds is 5. The SMILES string of the molecule is O=C(NC/C=C/CCl)c1cc(F)cc([N+](=O)[O-])c1. The number of nitro benzene ring substituents is 1. The summed E-state index contributed by atoms with van der Waals surface area (Å²) < 4.78 is 13.1. The maximum atomic E-state index is 13.1. The number of hydrogen-bond acceptors (Lipinski definition) is 3. The summed E-state index contributed by atoms with van der Waals surface area (Å²) in [6.45, 7) is 0.218. The summed E-state index contributed by atoms with van der Waals surface area (Å²) in [5, 5.41) is 13.0. The Hall–Kier alpha value is -1.95. The van der Waals surface area contributed by atoms with E-state index in [0.29, 0.717) is 5.88 Å². The van der Waals surface area contributed by atoms with Crippen LogP contribution in [0.15, 0.2) is 30.4 Å². The Labute approximate surface area is 107 Å². The molecule has 5 nitrogen and oxygen atoms in total. The van der Waals surface area contributed by atoms with E-state index < -0.39 is 22.3 Å².